The van der Waals surface area contributed by atoms with Gasteiger partial charge in [0.25, 0.3) is 5.91 Å². The third-order valence-electron chi connectivity index (χ3n) is 4.97. The SMILES string of the molecule is CCCN(CC)S(=O)(=O)c1ccc(C(=O)Nc2nc(-c3cc(C)ccc3C)cs2)cc1. The number of carbonyl (C=O) groups excluding carboxylic acids is 1. The summed E-state index contributed by atoms with van der Waals surface area (Å²) in [7, 11) is -3.56. The molecule has 0 fully saturated rings. The molecule has 0 aliphatic heterocycles. The van der Waals surface area contributed by atoms with Gasteiger partial charge in [0.2, 0.25) is 10.0 Å². The molecule has 0 saturated heterocycles. The molecule has 164 valence electrons. The molecule has 1 N–H and O–H groups in total. The molecule has 3 aromatic rings. The number of benzene rings is 2. The van der Waals surface area contributed by atoms with E-state index in [1.807, 2.05) is 33.1 Å². The molecule has 2 aromatic carbocycles. The minimum absolute atomic E-state index is 0.186. The van der Waals surface area contributed by atoms with E-state index < -0.39 is 10.0 Å². The van der Waals surface area contributed by atoms with Crippen molar-refractivity contribution in [2.75, 3.05) is 18.4 Å². The maximum Gasteiger partial charge on any atom is 0.257 e. The van der Waals surface area contributed by atoms with Crippen LogP contribution in [0.15, 0.2) is 52.7 Å². The first-order valence-electron chi connectivity index (χ1n) is 10.2. The first kappa shape index (κ1) is 23.1. The van der Waals surface area contributed by atoms with E-state index in [2.05, 4.69) is 28.5 Å². The van der Waals surface area contributed by atoms with Gasteiger partial charge in [-0.1, -0.05) is 31.5 Å². The number of amides is 1. The van der Waals surface area contributed by atoms with Crippen LogP contribution in [0.4, 0.5) is 5.13 Å². The van der Waals surface area contributed by atoms with E-state index in [9.17, 15) is 13.2 Å². The fourth-order valence-corrected chi connectivity index (χ4v) is 5.51. The van der Waals surface area contributed by atoms with Gasteiger partial charge in [0.15, 0.2) is 5.13 Å². The first-order valence-corrected chi connectivity index (χ1v) is 12.5. The Morgan fingerprint density at radius 3 is 2.45 bits per heavy atom. The van der Waals surface area contributed by atoms with Crippen LogP contribution in [-0.4, -0.2) is 36.7 Å². The largest absolute Gasteiger partial charge is 0.298 e. The molecule has 0 aliphatic rings. The van der Waals surface area contributed by atoms with E-state index in [1.54, 1.807) is 0 Å². The summed E-state index contributed by atoms with van der Waals surface area (Å²) in [5.74, 6) is -0.327. The van der Waals surface area contributed by atoms with Crippen molar-refractivity contribution in [3.63, 3.8) is 0 Å². The van der Waals surface area contributed by atoms with Crippen LogP contribution >= 0.6 is 11.3 Å². The van der Waals surface area contributed by atoms with E-state index in [0.29, 0.717) is 23.8 Å². The molecule has 0 bridgehead atoms. The lowest BCUT2D eigenvalue weighted by molar-refractivity contribution is 0.102. The van der Waals surface area contributed by atoms with Gasteiger partial charge in [0.1, 0.15) is 0 Å². The summed E-state index contributed by atoms with van der Waals surface area (Å²) in [5.41, 5.74) is 4.50. The van der Waals surface area contributed by atoms with Gasteiger partial charge < -0.3 is 0 Å². The van der Waals surface area contributed by atoms with Crippen LogP contribution in [0.1, 0.15) is 41.8 Å². The lowest BCUT2D eigenvalue weighted by Crippen LogP contribution is -2.31. The Bertz CT molecular complexity index is 1170. The van der Waals surface area contributed by atoms with E-state index in [4.69, 9.17) is 0 Å². The van der Waals surface area contributed by atoms with E-state index >= 15 is 0 Å². The topological polar surface area (TPSA) is 79.4 Å². The molecule has 0 aliphatic carbocycles. The summed E-state index contributed by atoms with van der Waals surface area (Å²) in [6.07, 6.45) is 0.742. The summed E-state index contributed by atoms with van der Waals surface area (Å²) in [6, 6.07) is 12.2. The number of aromatic nitrogens is 1. The van der Waals surface area contributed by atoms with Gasteiger partial charge in [0.05, 0.1) is 10.6 Å². The van der Waals surface area contributed by atoms with Crippen molar-refractivity contribution in [1.82, 2.24) is 9.29 Å². The minimum Gasteiger partial charge on any atom is -0.298 e. The normalized spacial score (nSPS) is 11.6. The molecule has 31 heavy (non-hydrogen) atoms. The van der Waals surface area contributed by atoms with Crippen molar-refractivity contribution in [2.45, 2.75) is 39.0 Å². The van der Waals surface area contributed by atoms with Crippen LogP contribution in [0.5, 0.6) is 0 Å². The molecule has 1 amide bonds. The monoisotopic (exact) mass is 457 g/mol. The van der Waals surface area contributed by atoms with E-state index in [0.717, 1.165) is 28.8 Å². The smallest absolute Gasteiger partial charge is 0.257 e. The van der Waals surface area contributed by atoms with Crippen molar-refractivity contribution in [3.05, 3.63) is 64.5 Å². The number of nitrogens with one attached hydrogen (secondary N) is 1. The quantitative estimate of drug-likeness (QED) is 0.510. The number of nitrogens with zero attached hydrogens (tertiary/aromatic N) is 2. The van der Waals surface area contributed by atoms with Gasteiger partial charge in [0, 0.05) is 29.6 Å². The van der Waals surface area contributed by atoms with Crippen LogP contribution in [-0.2, 0) is 10.0 Å². The zero-order valence-corrected chi connectivity index (χ0v) is 19.8. The number of hydrogen-bond acceptors (Lipinski definition) is 5. The zero-order chi connectivity index (χ0) is 22.6. The van der Waals surface area contributed by atoms with Crippen molar-refractivity contribution >= 4 is 32.4 Å². The first-order chi connectivity index (χ1) is 14.8. The second-order valence-electron chi connectivity index (χ2n) is 7.33. The van der Waals surface area contributed by atoms with Gasteiger partial charge in [-0.3, -0.25) is 10.1 Å². The average molecular weight is 458 g/mol. The van der Waals surface area contributed by atoms with Crippen molar-refractivity contribution in [3.8, 4) is 11.3 Å². The Labute approximate surface area is 188 Å². The maximum absolute atomic E-state index is 12.7. The summed E-state index contributed by atoms with van der Waals surface area (Å²) in [4.78, 5) is 17.4. The predicted octanol–water partition coefficient (Wildman–Crippen LogP) is 5.10. The number of sulfonamides is 1. The Kier molecular flexibility index (Phi) is 7.25. The van der Waals surface area contributed by atoms with Crippen molar-refractivity contribution in [1.29, 1.82) is 0 Å². The second kappa shape index (κ2) is 9.72. The fraction of sp³-hybridized carbons (Fsp3) is 0.304. The number of anilines is 1. The number of rotatable bonds is 8. The highest BCUT2D eigenvalue weighted by molar-refractivity contribution is 7.89. The third-order valence-corrected chi connectivity index (χ3v) is 7.72. The fourth-order valence-electron chi connectivity index (χ4n) is 3.26. The molecule has 1 heterocycles. The molecule has 0 radical (unpaired) electrons. The Hall–Kier alpha value is -2.55. The molecular weight excluding hydrogens is 430 g/mol. The summed E-state index contributed by atoms with van der Waals surface area (Å²) < 4.78 is 26.9. The second-order valence-corrected chi connectivity index (χ2v) is 10.1. The van der Waals surface area contributed by atoms with Gasteiger partial charge in [-0.05, 0) is 56.2 Å². The number of carbonyl (C=O) groups is 1. The summed E-state index contributed by atoms with van der Waals surface area (Å²) >= 11 is 1.36. The standard InChI is InChI=1S/C23H27N3O3S2/c1-5-13-26(6-2)31(28,29)19-11-9-18(10-12-19)22(27)25-23-24-21(15-30-23)20-14-16(3)7-8-17(20)4/h7-12,14-15H,5-6,13H2,1-4H3,(H,24,25,27). The predicted molar refractivity (Wildman–Crippen MR) is 126 cm³/mol. The number of aryl methyl sites for hydroxylation is 2. The van der Waals surface area contributed by atoms with Gasteiger partial charge in [-0.2, -0.15) is 4.31 Å². The maximum atomic E-state index is 12.7. The van der Waals surface area contributed by atoms with Gasteiger partial charge in [-0.25, -0.2) is 13.4 Å². The van der Waals surface area contributed by atoms with Gasteiger partial charge in [-0.15, -0.1) is 11.3 Å². The van der Waals surface area contributed by atoms with E-state index in [-0.39, 0.29) is 10.8 Å². The lowest BCUT2D eigenvalue weighted by Gasteiger charge is -2.19. The highest BCUT2D eigenvalue weighted by Gasteiger charge is 2.22. The van der Waals surface area contributed by atoms with Crippen LogP contribution in [0.25, 0.3) is 11.3 Å². The van der Waals surface area contributed by atoms with Crippen molar-refractivity contribution < 1.29 is 13.2 Å². The van der Waals surface area contributed by atoms with Crippen LogP contribution in [0.2, 0.25) is 0 Å². The number of thiazole rings is 1. The number of hydrogen-bond donors (Lipinski definition) is 1. The molecule has 0 spiro atoms. The van der Waals surface area contributed by atoms with Gasteiger partial charge >= 0.3 is 0 Å². The molecule has 1 aromatic heterocycles. The highest BCUT2D eigenvalue weighted by Crippen LogP contribution is 2.28. The van der Waals surface area contributed by atoms with Crippen LogP contribution in [0, 0.1) is 13.8 Å². The average Bonchev–Trinajstić information content (AvgIpc) is 3.21. The van der Waals surface area contributed by atoms with Crippen molar-refractivity contribution in [2.24, 2.45) is 0 Å². The highest BCUT2D eigenvalue weighted by atomic mass is 32.2. The Morgan fingerprint density at radius 2 is 1.81 bits per heavy atom. The molecular formula is C23H27N3O3S2. The molecule has 6 nitrogen and oxygen atoms in total. The minimum atomic E-state index is -3.56. The molecule has 0 saturated carbocycles. The van der Waals surface area contributed by atoms with Crippen LogP contribution < -0.4 is 5.32 Å². The summed E-state index contributed by atoms with van der Waals surface area (Å²) in [5, 5.41) is 5.22. The Morgan fingerprint density at radius 1 is 1.10 bits per heavy atom. The van der Waals surface area contributed by atoms with E-state index in [1.165, 1.54) is 39.9 Å². The lowest BCUT2D eigenvalue weighted by atomic mass is 10.0. The Balaban J connectivity index is 1.75. The molecule has 0 atom stereocenters. The van der Waals surface area contributed by atoms with Crippen LogP contribution in [0.3, 0.4) is 0 Å². The third kappa shape index (κ3) is 5.20. The molecule has 3 rings (SSSR count). The molecule has 0 unspecified atom stereocenters. The molecule has 8 heteroatoms. The summed E-state index contributed by atoms with van der Waals surface area (Å²) in [6.45, 7) is 8.69. The zero-order valence-electron chi connectivity index (χ0n) is 18.2.